The van der Waals surface area contributed by atoms with Gasteiger partial charge in [-0.1, -0.05) is 11.8 Å². The highest BCUT2D eigenvalue weighted by Gasteiger charge is 2.01. The molecule has 5 nitrogen and oxygen atoms in total. The molecule has 0 spiro atoms. The van der Waals surface area contributed by atoms with Crippen molar-refractivity contribution in [2.75, 3.05) is 5.75 Å². The lowest BCUT2D eigenvalue weighted by atomic mass is 10.3. The molecule has 0 saturated heterocycles. The van der Waals surface area contributed by atoms with Crippen LogP contribution in [-0.4, -0.2) is 31.6 Å². The summed E-state index contributed by atoms with van der Waals surface area (Å²) in [6.45, 7) is 0. The Labute approximate surface area is 86.5 Å². The van der Waals surface area contributed by atoms with Gasteiger partial charge in [-0.05, 0) is 12.8 Å². The number of hydrogen-bond acceptors (Lipinski definition) is 4. The summed E-state index contributed by atoms with van der Waals surface area (Å²) in [5.74, 6) is 0.161. The number of rotatable bonds is 6. The number of nitrogens with zero attached hydrogens (tertiary/aromatic N) is 3. The lowest BCUT2D eigenvalue weighted by molar-refractivity contribution is -0.137. The molecule has 0 aromatic carbocycles. The number of thioether (sulfide) groups is 1. The van der Waals surface area contributed by atoms with E-state index in [1.54, 1.807) is 16.4 Å². The van der Waals surface area contributed by atoms with Crippen molar-refractivity contribution in [3.8, 4) is 0 Å². The van der Waals surface area contributed by atoms with E-state index in [4.69, 9.17) is 5.11 Å². The van der Waals surface area contributed by atoms with E-state index in [9.17, 15) is 4.79 Å². The molecule has 0 amide bonds. The Kier molecular flexibility index (Phi) is 4.45. The monoisotopic (exact) mass is 215 g/mol. The highest BCUT2D eigenvalue weighted by molar-refractivity contribution is 7.99. The van der Waals surface area contributed by atoms with Crippen molar-refractivity contribution in [3.05, 3.63) is 6.33 Å². The molecule has 0 bridgehead atoms. The van der Waals surface area contributed by atoms with Crippen LogP contribution in [0.2, 0.25) is 0 Å². The fourth-order valence-corrected chi connectivity index (χ4v) is 1.84. The first-order valence-corrected chi connectivity index (χ1v) is 5.37. The second kappa shape index (κ2) is 5.64. The van der Waals surface area contributed by atoms with Gasteiger partial charge in [-0.15, -0.1) is 0 Å². The van der Waals surface area contributed by atoms with Gasteiger partial charge in [0.15, 0.2) is 5.16 Å². The molecule has 0 fully saturated rings. The topological polar surface area (TPSA) is 68.0 Å². The molecule has 6 heteroatoms. The standard InChI is InChI=1S/C8H13N3O2S/c1-11-8(9-6-10-11)14-5-3-2-4-7(12)13/h6H,2-5H2,1H3,(H,12,13). The fraction of sp³-hybridized carbons (Fsp3) is 0.625. The molecule has 1 heterocycles. The Morgan fingerprint density at radius 2 is 2.43 bits per heavy atom. The molecule has 0 aliphatic heterocycles. The zero-order valence-corrected chi connectivity index (χ0v) is 8.83. The van der Waals surface area contributed by atoms with Gasteiger partial charge in [0.1, 0.15) is 6.33 Å². The Balaban J connectivity index is 2.10. The minimum Gasteiger partial charge on any atom is -0.481 e. The van der Waals surface area contributed by atoms with Gasteiger partial charge < -0.3 is 5.11 Å². The van der Waals surface area contributed by atoms with Gasteiger partial charge in [-0.2, -0.15) is 5.10 Å². The van der Waals surface area contributed by atoms with E-state index in [0.717, 1.165) is 23.8 Å². The number of carbonyl (C=O) groups is 1. The minimum atomic E-state index is -0.728. The first kappa shape index (κ1) is 11.0. The summed E-state index contributed by atoms with van der Waals surface area (Å²) in [5.41, 5.74) is 0. The van der Waals surface area contributed by atoms with Crippen molar-refractivity contribution >= 4 is 17.7 Å². The molecule has 1 rings (SSSR count). The van der Waals surface area contributed by atoms with Crippen LogP contribution in [0.15, 0.2) is 11.5 Å². The highest BCUT2D eigenvalue weighted by atomic mass is 32.2. The van der Waals surface area contributed by atoms with Crippen molar-refractivity contribution in [1.82, 2.24) is 14.8 Å². The van der Waals surface area contributed by atoms with Crippen molar-refractivity contribution < 1.29 is 9.90 Å². The van der Waals surface area contributed by atoms with Gasteiger partial charge in [-0.3, -0.25) is 4.79 Å². The van der Waals surface area contributed by atoms with Crippen LogP contribution in [0, 0.1) is 0 Å². The van der Waals surface area contributed by atoms with E-state index >= 15 is 0 Å². The number of aryl methyl sites for hydroxylation is 1. The molecule has 1 aromatic heterocycles. The Bertz CT molecular complexity index is 301. The van der Waals surface area contributed by atoms with Gasteiger partial charge in [0, 0.05) is 19.2 Å². The molecule has 0 unspecified atom stereocenters. The van der Waals surface area contributed by atoms with Crippen molar-refractivity contribution in [2.24, 2.45) is 7.05 Å². The van der Waals surface area contributed by atoms with E-state index in [-0.39, 0.29) is 6.42 Å². The van der Waals surface area contributed by atoms with E-state index in [0.29, 0.717) is 0 Å². The number of unbranched alkanes of at least 4 members (excludes halogenated alkanes) is 1. The normalized spacial score (nSPS) is 10.4. The summed E-state index contributed by atoms with van der Waals surface area (Å²) < 4.78 is 1.71. The van der Waals surface area contributed by atoms with Gasteiger partial charge >= 0.3 is 5.97 Å². The Morgan fingerprint density at radius 3 is 3.00 bits per heavy atom. The first-order chi connectivity index (χ1) is 6.70. The van der Waals surface area contributed by atoms with Crippen LogP contribution < -0.4 is 0 Å². The van der Waals surface area contributed by atoms with Gasteiger partial charge in [0.05, 0.1) is 0 Å². The molecular weight excluding hydrogens is 202 g/mol. The lowest BCUT2D eigenvalue weighted by Gasteiger charge is -1.99. The van der Waals surface area contributed by atoms with E-state index in [1.165, 1.54) is 6.33 Å². The molecule has 78 valence electrons. The fourth-order valence-electron chi connectivity index (χ4n) is 0.958. The van der Waals surface area contributed by atoms with Gasteiger partial charge in [0.2, 0.25) is 0 Å². The van der Waals surface area contributed by atoms with Crippen molar-refractivity contribution in [3.63, 3.8) is 0 Å². The second-order valence-electron chi connectivity index (χ2n) is 2.87. The zero-order valence-electron chi connectivity index (χ0n) is 8.01. The van der Waals surface area contributed by atoms with Crippen molar-refractivity contribution in [2.45, 2.75) is 24.4 Å². The summed E-state index contributed by atoms with van der Waals surface area (Å²) in [6, 6.07) is 0. The van der Waals surface area contributed by atoms with E-state index in [2.05, 4.69) is 10.1 Å². The SMILES string of the molecule is Cn1ncnc1SCCCCC(=O)O. The summed E-state index contributed by atoms with van der Waals surface area (Å²) in [4.78, 5) is 14.3. The largest absolute Gasteiger partial charge is 0.481 e. The van der Waals surface area contributed by atoms with Crippen LogP contribution in [0.4, 0.5) is 0 Å². The third-order valence-corrected chi connectivity index (χ3v) is 2.81. The second-order valence-corrected chi connectivity index (χ2v) is 3.93. The van der Waals surface area contributed by atoms with Crippen LogP contribution in [0.3, 0.4) is 0 Å². The molecular formula is C8H13N3O2S. The molecule has 14 heavy (non-hydrogen) atoms. The van der Waals surface area contributed by atoms with Crippen LogP contribution in [-0.2, 0) is 11.8 Å². The maximum atomic E-state index is 10.2. The molecule has 0 saturated carbocycles. The van der Waals surface area contributed by atoms with E-state index in [1.807, 2.05) is 7.05 Å². The number of aromatic nitrogens is 3. The number of carboxylic acid groups (broad SMARTS) is 1. The maximum Gasteiger partial charge on any atom is 0.303 e. The zero-order chi connectivity index (χ0) is 10.4. The maximum absolute atomic E-state index is 10.2. The minimum absolute atomic E-state index is 0.249. The first-order valence-electron chi connectivity index (χ1n) is 4.38. The summed E-state index contributed by atoms with van der Waals surface area (Å²) >= 11 is 1.60. The molecule has 0 aliphatic rings. The molecule has 0 aliphatic carbocycles. The number of aliphatic carboxylic acids is 1. The molecule has 0 atom stereocenters. The predicted octanol–water partition coefficient (Wildman–Crippen LogP) is 1.16. The summed E-state index contributed by atoms with van der Waals surface area (Å²) in [5, 5.41) is 13.2. The van der Waals surface area contributed by atoms with E-state index < -0.39 is 5.97 Å². The Morgan fingerprint density at radius 1 is 1.64 bits per heavy atom. The number of hydrogen-bond donors (Lipinski definition) is 1. The predicted molar refractivity (Wildman–Crippen MR) is 53.2 cm³/mol. The van der Waals surface area contributed by atoms with Crippen molar-refractivity contribution in [1.29, 1.82) is 0 Å². The average Bonchev–Trinajstić information content (AvgIpc) is 2.51. The Hall–Kier alpha value is -1.04. The van der Waals surface area contributed by atoms with Gasteiger partial charge in [-0.25, -0.2) is 9.67 Å². The van der Waals surface area contributed by atoms with Crippen LogP contribution in [0.25, 0.3) is 0 Å². The van der Waals surface area contributed by atoms with Crippen LogP contribution in [0.1, 0.15) is 19.3 Å². The number of carboxylic acids is 1. The smallest absolute Gasteiger partial charge is 0.303 e. The lowest BCUT2D eigenvalue weighted by Crippen LogP contribution is -1.96. The van der Waals surface area contributed by atoms with Crippen LogP contribution in [0.5, 0.6) is 0 Å². The average molecular weight is 215 g/mol. The summed E-state index contributed by atoms with van der Waals surface area (Å²) in [7, 11) is 1.84. The third kappa shape index (κ3) is 3.78. The third-order valence-electron chi connectivity index (χ3n) is 1.69. The molecule has 0 radical (unpaired) electrons. The molecule has 1 aromatic rings. The summed E-state index contributed by atoms with van der Waals surface area (Å²) in [6.07, 6.45) is 3.38. The van der Waals surface area contributed by atoms with Crippen LogP contribution >= 0.6 is 11.8 Å². The highest BCUT2D eigenvalue weighted by Crippen LogP contribution is 2.15. The van der Waals surface area contributed by atoms with Gasteiger partial charge in [0.25, 0.3) is 0 Å². The molecule has 1 N–H and O–H groups in total. The quantitative estimate of drug-likeness (QED) is 0.569.